The molecule has 0 aliphatic heterocycles. The molecule has 1 rings (SSSR count). The predicted molar refractivity (Wildman–Crippen MR) is 93.7 cm³/mol. The summed E-state index contributed by atoms with van der Waals surface area (Å²) < 4.78 is 5.36. The number of ether oxygens (including phenoxy) is 1. The van der Waals surface area contributed by atoms with E-state index in [9.17, 15) is 0 Å². The second kappa shape index (κ2) is 11.6. The SMILES string of the molecule is CCC.CCOCCCC(C)(C)NNc1ccccc1C. The van der Waals surface area contributed by atoms with Gasteiger partial charge < -0.3 is 10.2 Å². The first-order valence-corrected chi connectivity index (χ1v) is 8.13. The molecule has 3 nitrogen and oxygen atoms in total. The quantitative estimate of drug-likeness (QED) is 0.527. The maximum absolute atomic E-state index is 5.36. The van der Waals surface area contributed by atoms with Gasteiger partial charge in [-0.05, 0) is 52.2 Å². The summed E-state index contributed by atoms with van der Waals surface area (Å²) in [6.07, 6.45) is 3.40. The molecular formula is C18H34N2O. The summed E-state index contributed by atoms with van der Waals surface area (Å²) in [5, 5.41) is 0. The Kier molecular flexibility index (Phi) is 11.0. The van der Waals surface area contributed by atoms with Crippen LogP contribution in [0.5, 0.6) is 0 Å². The maximum atomic E-state index is 5.36. The fraction of sp³-hybridized carbons (Fsp3) is 0.667. The summed E-state index contributed by atoms with van der Waals surface area (Å²) in [6.45, 7) is 14.4. The van der Waals surface area contributed by atoms with Crippen molar-refractivity contribution < 1.29 is 4.74 Å². The molecular weight excluding hydrogens is 260 g/mol. The van der Waals surface area contributed by atoms with Crippen molar-refractivity contribution >= 4 is 5.69 Å². The van der Waals surface area contributed by atoms with Crippen molar-refractivity contribution in [2.75, 3.05) is 18.6 Å². The van der Waals surface area contributed by atoms with Crippen LogP contribution in [-0.4, -0.2) is 18.8 Å². The summed E-state index contributed by atoms with van der Waals surface area (Å²) in [4.78, 5) is 0. The lowest BCUT2D eigenvalue weighted by molar-refractivity contribution is 0.137. The summed E-state index contributed by atoms with van der Waals surface area (Å²) in [7, 11) is 0. The molecule has 0 aliphatic rings. The third-order valence-electron chi connectivity index (χ3n) is 2.98. The predicted octanol–water partition coefficient (Wildman–Crippen LogP) is 4.92. The van der Waals surface area contributed by atoms with E-state index in [1.54, 1.807) is 0 Å². The van der Waals surface area contributed by atoms with Crippen LogP contribution in [0.4, 0.5) is 5.69 Å². The summed E-state index contributed by atoms with van der Waals surface area (Å²) in [5.41, 5.74) is 9.13. The summed E-state index contributed by atoms with van der Waals surface area (Å²) in [6, 6.07) is 8.28. The third kappa shape index (κ3) is 10.3. The van der Waals surface area contributed by atoms with Gasteiger partial charge in [0.2, 0.25) is 0 Å². The number of nitrogens with one attached hydrogen (secondary N) is 2. The van der Waals surface area contributed by atoms with Gasteiger partial charge in [-0.25, -0.2) is 5.43 Å². The fourth-order valence-electron chi connectivity index (χ4n) is 1.77. The Morgan fingerprint density at radius 1 is 1.10 bits per heavy atom. The van der Waals surface area contributed by atoms with E-state index in [1.807, 2.05) is 19.1 Å². The highest BCUT2D eigenvalue weighted by atomic mass is 16.5. The molecule has 3 heteroatoms. The highest BCUT2D eigenvalue weighted by Crippen LogP contribution is 2.15. The van der Waals surface area contributed by atoms with E-state index in [2.05, 4.69) is 57.6 Å². The summed E-state index contributed by atoms with van der Waals surface area (Å²) >= 11 is 0. The summed E-state index contributed by atoms with van der Waals surface area (Å²) in [5.74, 6) is 0. The van der Waals surface area contributed by atoms with Crippen LogP contribution in [-0.2, 0) is 4.74 Å². The molecule has 0 amide bonds. The topological polar surface area (TPSA) is 33.3 Å². The number of rotatable bonds is 8. The minimum atomic E-state index is 0.0549. The largest absolute Gasteiger partial charge is 0.382 e. The van der Waals surface area contributed by atoms with Gasteiger partial charge in [-0.3, -0.25) is 0 Å². The molecule has 0 atom stereocenters. The Morgan fingerprint density at radius 3 is 2.29 bits per heavy atom. The van der Waals surface area contributed by atoms with E-state index in [-0.39, 0.29) is 5.54 Å². The van der Waals surface area contributed by atoms with Gasteiger partial charge in [0.15, 0.2) is 0 Å². The number of anilines is 1. The van der Waals surface area contributed by atoms with E-state index < -0.39 is 0 Å². The molecule has 0 aromatic heterocycles. The monoisotopic (exact) mass is 294 g/mol. The standard InChI is InChI=1S/C15H26N2O.C3H8/c1-5-18-12-8-11-15(3,4)17-16-14-10-7-6-9-13(14)2;1-3-2/h6-7,9-10,16-17H,5,8,11-12H2,1-4H3;3H2,1-2H3. The normalized spacial score (nSPS) is 10.8. The van der Waals surface area contributed by atoms with Gasteiger partial charge >= 0.3 is 0 Å². The molecule has 122 valence electrons. The highest BCUT2D eigenvalue weighted by molar-refractivity contribution is 5.49. The van der Waals surface area contributed by atoms with E-state index in [4.69, 9.17) is 4.74 Å². The molecule has 0 spiro atoms. The molecule has 0 unspecified atom stereocenters. The number of hydrogen-bond acceptors (Lipinski definition) is 3. The molecule has 0 saturated carbocycles. The number of para-hydroxylation sites is 1. The molecule has 1 aromatic rings. The van der Waals surface area contributed by atoms with Gasteiger partial charge in [0.25, 0.3) is 0 Å². The Morgan fingerprint density at radius 2 is 1.71 bits per heavy atom. The van der Waals surface area contributed by atoms with Crippen molar-refractivity contribution in [2.24, 2.45) is 0 Å². The molecule has 0 radical (unpaired) electrons. The number of benzene rings is 1. The van der Waals surface area contributed by atoms with Crippen LogP contribution in [0, 0.1) is 6.92 Å². The highest BCUT2D eigenvalue weighted by Gasteiger charge is 2.16. The Bertz CT molecular complexity index is 364. The van der Waals surface area contributed by atoms with Crippen LogP contribution in [0.2, 0.25) is 0 Å². The average molecular weight is 294 g/mol. The first kappa shape index (κ1) is 19.9. The van der Waals surface area contributed by atoms with Crippen LogP contribution in [0.1, 0.15) is 59.4 Å². The molecule has 0 aliphatic carbocycles. The van der Waals surface area contributed by atoms with Crippen molar-refractivity contribution in [3.05, 3.63) is 29.8 Å². The first-order chi connectivity index (χ1) is 9.96. The van der Waals surface area contributed by atoms with Crippen LogP contribution in [0.25, 0.3) is 0 Å². The Hall–Kier alpha value is -1.06. The molecule has 0 saturated heterocycles. The minimum absolute atomic E-state index is 0.0549. The van der Waals surface area contributed by atoms with Gasteiger partial charge in [0.05, 0.1) is 5.69 Å². The molecule has 2 N–H and O–H groups in total. The van der Waals surface area contributed by atoms with Gasteiger partial charge in [-0.2, -0.15) is 0 Å². The van der Waals surface area contributed by atoms with Crippen molar-refractivity contribution in [1.82, 2.24) is 5.43 Å². The van der Waals surface area contributed by atoms with E-state index in [1.165, 1.54) is 12.0 Å². The number of aryl methyl sites for hydroxylation is 1. The molecule has 0 heterocycles. The van der Waals surface area contributed by atoms with Crippen LogP contribution >= 0.6 is 0 Å². The Labute approximate surface area is 131 Å². The van der Waals surface area contributed by atoms with Crippen molar-refractivity contribution in [3.63, 3.8) is 0 Å². The van der Waals surface area contributed by atoms with E-state index >= 15 is 0 Å². The number of hydrazine groups is 1. The lowest BCUT2D eigenvalue weighted by atomic mass is 10.00. The van der Waals surface area contributed by atoms with Gasteiger partial charge in [-0.1, -0.05) is 38.5 Å². The van der Waals surface area contributed by atoms with E-state index in [0.29, 0.717) is 0 Å². The fourth-order valence-corrected chi connectivity index (χ4v) is 1.77. The zero-order valence-electron chi connectivity index (χ0n) is 14.8. The lowest BCUT2D eigenvalue weighted by Gasteiger charge is -2.27. The second-order valence-corrected chi connectivity index (χ2v) is 5.96. The smallest absolute Gasteiger partial charge is 0.0516 e. The van der Waals surface area contributed by atoms with Crippen LogP contribution in [0.15, 0.2) is 24.3 Å². The van der Waals surface area contributed by atoms with Gasteiger partial charge in [-0.15, -0.1) is 0 Å². The maximum Gasteiger partial charge on any atom is 0.0516 e. The van der Waals surface area contributed by atoms with E-state index in [0.717, 1.165) is 31.7 Å². The first-order valence-electron chi connectivity index (χ1n) is 8.13. The third-order valence-corrected chi connectivity index (χ3v) is 2.98. The Balaban J connectivity index is 0.00000122. The molecule has 0 bridgehead atoms. The zero-order valence-corrected chi connectivity index (χ0v) is 14.8. The lowest BCUT2D eigenvalue weighted by Crippen LogP contribution is -2.43. The molecule has 0 fully saturated rings. The molecule has 21 heavy (non-hydrogen) atoms. The van der Waals surface area contributed by atoms with Crippen molar-refractivity contribution in [3.8, 4) is 0 Å². The van der Waals surface area contributed by atoms with Crippen LogP contribution < -0.4 is 10.9 Å². The van der Waals surface area contributed by atoms with Crippen molar-refractivity contribution in [2.45, 2.75) is 66.3 Å². The van der Waals surface area contributed by atoms with Crippen molar-refractivity contribution in [1.29, 1.82) is 0 Å². The average Bonchev–Trinajstić information content (AvgIpc) is 2.44. The zero-order chi connectivity index (χ0) is 16.1. The minimum Gasteiger partial charge on any atom is -0.382 e. The van der Waals surface area contributed by atoms with Gasteiger partial charge in [0, 0.05) is 18.8 Å². The number of hydrogen-bond donors (Lipinski definition) is 2. The van der Waals surface area contributed by atoms with Crippen LogP contribution in [0.3, 0.4) is 0 Å². The molecule has 1 aromatic carbocycles. The second-order valence-electron chi connectivity index (χ2n) is 5.96. The van der Waals surface area contributed by atoms with Gasteiger partial charge in [0.1, 0.15) is 0 Å².